The van der Waals surface area contributed by atoms with Gasteiger partial charge in [-0.2, -0.15) is 15.0 Å². The van der Waals surface area contributed by atoms with Crippen molar-refractivity contribution in [2.75, 3.05) is 7.05 Å². The molecule has 2 rings (SSSR count). The molecule has 0 spiro atoms. The summed E-state index contributed by atoms with van der Waals surface area (Å²) in [5.74, 6) is -0.866. The van der Waals surface area contributed by atoms with Crippen molar-refractivity contribution in [2.24, 2.45) is 7.05 Å². The number of hydrogen-bond acceptors (Lipinski definition) is 5. The third-order valence-corrected chi connectivity index (χ3v) is 3.43. The first-order valence-corrected chi connectivity index (χ1v) is 7.77. The molecule has 0 radical (unpaired) electrons. The van der Waals surface area contributed by atoms with Gasteiger partial charge in [-0.3, -0.25) is 0 Å². The monoisotopic (exact) mass is 372 g/mol. The van der Waals surface area contributed by atoms with E-state index in [0.717, 1.165) is 9.70 Å². The maximum absolute atomic E-state index is 14.5. The Labute approximate surface area is 155 Å². The van der Waals surface area contributed by atoms with Gasteiger partial charge in [0.05, 0.1) is 6.04 Å². The maximum atomic E-state index is 14.5. The second kappa shape index (κ2) is 6.95. The molecule has 1 amide bonds. The average Bonchev–Trinajstić information content (AvgIpc) is 2.88. The van der Waals surface area contributed by atoms with Crippen LogP contribution in [0.5, 0.6) is 0 Å². The van der Waals surface area contributed by atoms with E-state index < -0.39 is 30.4 Å². The van der Waals surface area contributed by atoms with E-state index in [1.54, 1.807) is 20.8 Å². The number of nitrogens with zero attached hydrogens (tertiary/aromatic N) is 5. The number of rotatable bonds is 3. The molecule has 0 aromatic carbocycles. The Bertz CT molecular complexity index is 882. The van der Waals surface area contributed by atoms with Gasteiger partial charge in [0, 0.05) is 30.0 Å². The molecule has 0 saturated carbocycles. The van der Waals surface area contributed by atoms with Gasteiger partial charge < -0.3 is 9.64 Å². The summed E-state index contributed by atoms with van der Waals surface area (Å²) in [7, 11) is 2.73. The summed E-state index contributed by atoms with van der Waals surface area (Å²) in [6, 6.07) is -0.226. The lowest BCUT2D eigenvalue weighted by molar-refractivity contribution is 0.0230. The van der Waals surface area contributed by atoms with Crippen LogP contribution < -0.4 is 0 Å². The van der Waals surface area contributed by atoms with Crippen LogP contribution in [0, 0.1) is 5.82 Å². The van der Waals surface area contributed by atoms with E-state index in [1.165, 1.54) is 26.4 Å². The smallest absolute Gasteiger partial charge is 0.410 e. The van der Waals surface area contributed by atoms with Crippen LogP contribution in [0.3, 0.4) is 0 Å². The molecule has 25 heavy (non-hydrogen) atoms. The fourth-order valence-electron chi connectivity index (χ4n) is 2.02. The van der Waals surface area contributed by atoms with Crippen LogP contribution in [0.15, 0.2) is 12.3 Å². The van der Waals surface area contributed by atoms with Crippen molar-refractivity contribution in [1.29, 1.82) is 0 Å². The van der Waals surface area contributed by atoms with Gasteiger partial charge in [0.25, 0.3) is 0 Å². The van der Waals surface area contributed by atoms with Crippen LogP contribution in [0.25, 0.3) is 11.3 Å². The number of hydrogen-bond donors (Lipinski definition) is 0. The van der Waals surface area contributed by atoms with Crippen LogP contribution in [0.1, 0.15) is 43.5 Å². The highest BCUT2D eigenvalue weighted by Gasteiger charge is 2.29. The number of pyridine rings is 1. The minimum absolute atomic E-state index is 0.0548. The maximum Gasteiger partial charge on any atom is 0.410 e. The van der Waals surface area contributed by atoms with Gasteiger partial charge in [-0.1, -0.05) is 11.6 Å². The Hall–Kier alpha value is -2.22. The molecule has 7 nitrogen and oxygen atoms in total. The molecule has 1 unspecified atom stereocenters. The van der Waals surface area contributed by atoms with Crippen LogP contribution in [-0.2, 0) is 11.8 Å². The quantitative estimate of drug-likeness (QED) is 0.769. The lowest BCUT2D eigenvalue weighted by Gasteiger charge is -2.28. The minimum atomic E-state index is -2.69. The zero-order chi connectivity index (χ0) is 21.4. The van der Waals surface area contributed by atoms with E-state index >= 15 is 0 Å². The van der Waals surface area contributed by atoms with Gasteiger partial charge in [-0.05, 0) is 33.7 Å². The molecule has 0 fully saturated rings. The van der Waals surface area contributed by atoms with E-state index in [-0.39, 0.29) is 22.1 Å². The first-order valence-electron chi connectivity index (χ1n) is 8.89. The van der Waals surface area contributed by atoms with Crippen LogP contribution in [-0.4, -0.2) is 43.6 Å². The Balaban J connectivity index is 2.61. The zero-order valence-electron chi connectivity index (χ0n) is 17.5. The highest BCUT2D eigenvalue weighted by Crippen LogP contribution is 2.31. The summed E-state index contributed by atoms with van der Waals surface area (Å²) in [5, 5.41) is 7.79. The standard InChI is InChI=1S/C16H21ClFN5O2/c1-9(22(5)15(24)25-16(2,3)4)12-13(21-23(6)20-12)10-7-8-19-14(17)11(10)18/h7-9H,1-6H3/i1D3. The molecular formula is C16H21ClFN5O2. The fraction of sp³-hybridized carbons (Fsp3) is 0.500. The Morgan fingerprint density at radius 2 is 2.16 bits per heavy atom. The van der Waals surface area contributed by atoms with Crippen molar-refractivity contribution in [3.05, 3.63) is 28.9 Å². The number of halogens is 2. The third-order valence-electron chi connectivity index (χ3n) is 3.17. The summed E-state index contributed by atoms with van der Waals surface area (Å²) >= 11 is 5.74. The molecule has 2 aromatic rings. The third kappa shape index (κ3) is 4.25. The largest absolute Gasteiger partial charge is 0.444 e. The average molecular weight is 373 g/mol. The molecular weight excluding hydrogens is 349 g/mol. The first kappa shape index (κ1) is 15.1. The lowest BCUT2D eigenvalue weighted by atomic mass is 10.1. The van der Waals surface area contributed by atoms with Gasteiger partial charge in [0.15, 0.2) is 11.0 Å². The van der Waals surface area contributed by atoms with Gasteiger partial charge in [-0.15, -0.1) is 0 Å². The van der Waals surface area contributed by atoms with E-state index in [1.807, 2.05) is 0 Å². The number of ether oxygens (including phenoxy) is 1. The summed E-state index contributed by atoms with van der Waals surface area (Å²) < 4.78 is 43.5. The van der Waals surface area contributed by atoms with Crippen molar-refractivity contribution in [3.8, 4) is 11.3 Å². The summed E-state index contributed by atoms with van der Waals surface area (Å²) in [5.41, 5.74) is -1.08. The number of amides is 1. The summed E-state index contributed by atoms with van der Waals surface area (Å²) in [6.07, 6.45) is 0.402. The molecule has 0 saturated heterocycles. The number of aromatic nitrogens is 4. The lowest BCUT2D eigenvalue weighted by Crippen LogP contribution is -2.36. The van der Waals surface area contributed by atoms with Crippen molar-refractivity contribution in [3.63, 3.8) is 0 Å². The van der Waals surface area contributed by atoms with Gasteiger partial charge in [-0.25, -0.2) is 14.2 Å². The molecule has 1 atom stereocenters. The van der Waals surface area contributed by atoms with Crippen molar-refractivity contribution >= 4 is 17.7 Å². The fourth-order valence-corrected chi connectivity index (χ4v) is 2.18. The SMILES string of the molecule is [2H]C([2H])([2H])C(c1nn(C)nc1-c1ccnc(Cl)c1F)N(C)C(=O)OC(C)(C)C. The first-order chi connectivity index (χ1) is 12.7. The van der Waals surface area contributed by atoms with E-state index in [4.69, 9.17) is 20.5 Å². The highest BCUT2D eigenvalue weighted by atomic mass is 35.5. The predicted molar refractivity (Wildman–Crippen MR) is 91.6 cm³/mol. The predicted octanol–water partition coefficient (Wildman–Crippen LogP) is 3.60. The van der Waals surface area contributed by atoms with Crippen LogP contribution >= 0.6 is 11.6 Å². The second-order valence-corrected chi connectivity index (χ2v) is 6.74. The number of carbonyl (C=O) groups excluding carboxylic acids is 1. The molecule has 0 aliphatic rings. The molecule has 136 valence electrons. The molecule has 0 aliphatic heterocycles. The number of aryl methyl sites for hydroxylation is 1. The van der Waals surface area contributed by atoms with E-state index in [2.05, 4.69) is 15.2 Å². The van der Waals surface area contributed by atoms with E-state index in [9.17, 15) is 9.18 Å². The van der Waals surface area contributed by atoms with Crippen molar-refractivity contribution < 1.29 is 18.0 Å². The number of carbonyl (C=O) groups is 1. The van der Waals surface area contributed by atoms with Crippen molar-refractivity contribution in [2.45, 2.75) is 39.3 Å². The topological polar surface area (TPSA) is 73.1 Å². The van der Waals surface area contributed by atoms with Gasteiger partial charge >= 0.3 is 6.09 Å². The second-order valence-electron chi connectivity index (χ2n) is 6.38. The normalized spacial score (nSPS) is 15.1. The van der Waals surface area contributed by atoms with Crippen molar-refractivity contribution in [1.82, 2.24) is 24.9 Å². The molecule has 9 heteroatoms. The highest BCUT2D eigenvalue weighted by molar-refractivity contribution is 6.29. The molecule has 2 aromatic heterocycles. The van der Waals surface area contributed by atoms with Gasteiger partial charge in [0.2, 0.25) is 0 Å². The van der Waals surface area contributed by atoms with Gasteiger partial charge in [0.1, 0.15) is 17.0 Å². The molecule has 0 N–H and O–H groups in total. The summed E-state index contributed by atoms with van der Waals surface area (Å²) in [6.45, 7) is 2.28. The Kier molecular flexibility index (Phi) is 4.19. The van der Waals surface area contributed by atoms with E-state index in [0.29, 0.717) is 0 Å². The molecule has 0 aliphatic carbocycles. The van der Waals surface area contributed by atoms with Crippen LogP contribution in [0.2, 0.25) is 5.15 Å². The minimum Gasteiger partial charge on any atom is -0.444 e. The zero-order valence-corrected chi connectivity index (χ0v) is 15.3. The van der Waals surface area contributed by atoms with Crippen LogP contribution in [0.4, 0.5) is 9.18 Å². The summed E-state index contributed by atoms with van der Waals surface area (Å²) in [4.78, 5) is 18.1. The Morgan fingerprint density at radius 1 is 1.48 bits per heavy atom. The molecule has 0 bridgehead atoms. The Morgan fingerprint density at radius 3 is 2.76 bits per heavy atom. The molecule has 2 heterocycles.